The number of aromatic amines is 1. The van der Waals surface area contributed by atoms with Crippen LogP contribution in [0.1, 0.15) is 28.8 Å². The van der Waals surface area contributed by atoms with Gasteiger partial charge in [0.1, 0.15) is 5.56 Å². The van der Waals surface area contributed by atoms with Crippen LogP contribution in [0.4, 0.5) is 0 Å². The zero-order chi connectivity index (χ0) is 14.2. The Morgan fingerprint density at radius 1 is 1.30 bits per heavy atom. The maximum atomic E-state index is 12.5. The SMILES string of the molecule is Cc1cc[nH]c(=O)c1C(=O)N1CCC2(CC1)OCCO2. The van der Waals surface area contributed by atoms with Crippen molar-refractivity contribution in [2.45, 2.75) is 25.6 Å². The lowest BCUT2D eigenvalue weighted by Crippen LogP contribution is -2.48. The van der Waals surface area contributed by atoms with Crippen LogP contribution in [0.5, 0.6) is 0 Å². The van der Waals surface area contributed by atoms with E-state index in [1.807, 2.05) is 0 Å². The van der Waals surface area contributed by atoms with E-state index in [4.69, 9.17) is 9.47 Å². The maximum Gasteiger partial charge on any atom is 0.261 e. The molecule has 6 nitrogen and oxygen atoms in total. The van der Waals surface area contributed by atoms with Gasteiger partial charge in [-0.3, -0.25) is 9.59 Å². The Labute approximate surface area is 116 Å². The van der Waals surface area contributed by atoms with E-state index in [1.165, 1.54) is 0 Å². The fraction of sp³-hybridized carbons (Fsp3) is 0.571. The molecule has 0 bridgehead atoms. The minimum atomic E-state index is -0.505. The molecule has 2 aliphatic heterocycles. The number of carbonyl (C=O) groups is 1. The van der Waals surface area contributed by atoms with E-state index in [0.717, 1.165) is 0 Å². The molecule has 2 aliphatic rings. The molecule has 0 aliphatic carbocycles. The first kappa shape index (κ1) is 13.3. The Kier molecular flexibility index (Phi) is 3.35. The summed E-state index contributed by atoms with van der Waals surface area (Å²) in [4.78, 5) is 28.5. The zero-order valence-corrected chi connectivity index (χ0v) is 11.5. The van der Waals surface area contributed by atoms with Gasteiger partial charge in [-0.1, -0.05) is 0 Å². The lowest BCUT2D eigenvalue weighted by atomic mass is 10.0. The Morgan fingerprint density at radius 2 is 1.95 bits per heavy atom. The van der Waals surface area contributed by atoms with Crippen molar-refractivity contribution < 1.29 is 14.3 Å². The van der Waals surface area contributed by atoms with Gasteiger partial charge in [0.2, 0.25) is 0 Å². The topological polar surface area (TPSA) is 71.6 Å². The van der Waals surface area contributed by atoms with Gasteiger partial charge in [0.05, 0.1) is 13.2 Å². The second kappa shape index (κ2) is 5.03. The van der Waals surface area contributed by atoms with Crippen LogP contribution in [0.2, 0.25) is 0 Å². The minimum Gasteiger partial charge on any atom is -0.347 e. The Morgan fingerprint density at radius 3 is 2.55 bits per heavy atom. The normalized spacial score (nSPS) is 21.4. The van der Waals surface area contributed by atoms with Crippen molar-refractivity contribution in [3.05, 3.63) is 33.7 Å². The van der Waals surface area contributed by atoms with Crippen LogP contribution in [0.15, 0.2) is 17.1 Å². The van der Waals surface area contributed by atoms with Crippen LogP contribution < -0.4 is 5.56 Å². The molecule has 0 aromatic carbocycles. The highest BCUT2D eigenvalue weighted by atomic mass is 16.7. The summed E-state index contributed by atoms with van der Waals surface area (Å²) in [6.07, 6.45) is 2.87. The van der Waals surface area contributed by atoms with E-state index in [2.05, 4.69) is 4.98 Å². The number of H-pyrrole nitrogens is 1. The van der Waals surface area contributed by atoms with Crippen LogP contribution in [0, 0.1) is 6.92 Å². The number of likely N-dealkylation sites (tertiary alicyclic amines) is 1. The standard InChI is InChI=1S/C14H18N2O4/c1-10-2-5-15-12(17)11(10)13(18)16-6-3-14(4-7-16)19-8-9-20-14/h2,5H,3-4,6-9H2,1H3,(H,15,17). The largest absolute Gasteiger partial charge is 0.347 e. The van der Waals surface area contributed by atoms with Crippen LogP contribution in [-0.4, -0.2) is 47.9 Å². The van der Waals surface area contributed by atoms with Gasteiger partial charge in [0.25, 0.3) is 11.5 Å². The number of nitrogens with one attached hydrogen (secondary N) is 1. The summed E-state index contributed by atoms with van der Waals surface area (Å²) in [5.41, 5.74) is 0.604. The summed E-state index contributed by atoms with van der Waals surface area (Å²) >= 11 is 0. The van der Waals surface area contributed by atoms with Crippen molar-refractivity contribution in [1.82, 2.24) is 9.88 Å². The summed E-state index contributed by atoms with van der Waals surface area (Å²) in [5.74, 6) is -0.716. The fourth-order valence-corrected chi connectivity index (χ4v) is 2.84. The molecule has 108 valence electrons. The van der Waals surface area contributed by atoms with E-state index in [-0.39, 0.29) is 17.0 Å². The van der Waals surface area contributed by atoms with Crippen LogP contribution in [-0.2, 0) is 9.47 Å². The number of amides is 1. The highest BCUT2D eigenvalue weighted by Crippen LogP contribution is 2.31. The second-order valence-corrected chi connectivity index (χ2v) is 5.26. The van der Waals surface area contributed by atoms with Crippen LogP contribution in [0.25, 0.3) is 0 Å². The number of hydrogen-bond donors (Lipinski definition) is 1. The van der Waals surface area contributed by atoms with E-state index in [1.54, 1.807) is 24.1 Å². The number of aromatic nitrogens is 1. The van der Waals surface area contributed by atoms with Crippen molar-refractivity contribution >= 4 is 5.91 Å². The third-order valence-electron chi connectivity index (χ3n) is 4.01. The number of aryl methyl sites for hydroxylation is 1. The molecule has 20 heavy (non-hydrogen) atoms. The molecule has 0 atom stereocenters. The first-order chi connectivity index (χ1) is 9.61. The molecule has 0 saturated carbocycles. The molecule has 6 heteroatoms. The second-order valence-electron chi connectivity index (χ2n) is 5.26. The molecule has 2 saturated heterocycles. The third kappa shape index (κ3) is 2.25. The van der Waals surface area contributed by atoms with Gasteiger partial charge in [-0.2, -0.15) is 0 Å². The summed E-state index contributed by atoms with van der Waals surface area (Å²) in [6, 6.07) is 1.74. The van der Waals surface area contributed by atoms with Crippen molar-refractivity contribution in [1.29, 1.82) is 0 Å². The van der Waals surface area contributed by atoms with Gasteiger partial charge in [-0.25, -0.2) is 0 Å². The van der Waals surface area contributed by atoms with E-state index in [9.17, 15) is 9.59 Å². The van der Waals surface area contributed by atoms with Gasteiger partial charge in [0.15, 0.2) is 5.79 Å². The lowest BCUT2D eigenvalue weighted by Gasteiger charge is -2.37. The Bertz CT molecular complexity index is 565. The van der Waals surface area contributed by atoms with Gasteiger partial charge >= 0.3 is 0 Å². The number of carbonyl (C=O) groups excluding carboxylic acids is 1. The van der Waals surface area contributed by atoms with Crippen LogP contribution >= 0.6 is 0 Å². The summed E-state index contributed by atoms with van der Waals surface area (Å²) < 4.78 is 11.3. The van der Waals surface area contributed by atoms with Crippen molar-refractivity contribution in [3.63, 3.8) is 0 Å². The molecule has 1 amide bonds. The average Bonchev–Trinajstić information content (AvgIpc) is 2.87. The number of nitrogens with zero attached hydrogens (tertiary/aromatic N) is 1. The monoisotopic (exact) mass is 278 g/mol. The molecule has 1 N–H and O–H groups in total. The number of ether oxygens (including phenoxy) is 2. The van der Waals surface area contributed by atoms with E-state index >= 15 is 0 Å². The van der Waals surface area contributed by atoms with E-state index < -0.39 is 5.79 Å². The average molecular weight is 278 g/mol. The van der Waals surface area contributed by atoms with Gasteiger partial charge in [-0.05, 0) is 18.6 Å². The molecule has 3 rings (SSSR count). The highest BCUT2D eigenvalue weighted by molar-refractivity contribution is 5.95. The highest BCUT2D eigenvalue weighted by Gasteiger charge is 2.41. The minimum absolute atomic E-state index is 0.211. The summed E-state index contributed by atoms with van der Waals surface area (Å²) in [7, 11) is 0. The summed E-state index contributed by atoms with van der Waals surface area (Å²) in [5, 5.41) is 0. The van der Waals surface area contributed by atoms with Gasteiger partial charge < -0.3 is 19.4 Å². The van der Waals surface area contributed by atoms with Crippen molar-refractivity contribution in [3.8, 4) is 0 Å². The predicted octanol–water partition coefficient (Wildman–Crippen LogP) is 0.662. The lowest BCUT2D eigenvalue weighted by molar-refractivity contribution is -0.181. The summed E-state index contributed by atoms with van der Waals surface area (Å²) in [6.45, 7) is 4.10. The molecule has 3 heterocycles. The Hall–Kier alpha value is -1.66. The first-order valence-electron chi connectivity index (χ1n) is 6.87. The fourth-order valence-electron chi connectivity index (χ4n) is 2.84. The van der Waals surface area contributed by atoms with Gasteiger partial charge in [0, 0.05) is 32.1 Å². The smallest absolute Gasteiger partial charge is 0.261 e. The molecule has 0 unspecified atom stereocenters. The zero-order valence-electron chi connectivity index (χ0n) is 11.5. The number of piperidine rings is 1. The molecule has 1 aromatic heterocycles. The van der Waals surface area contributed by atoms with Gasteiger partial charge in [-0.15, -0.1) is 0 Å². The number of rotatable bonds is 1. The third-order valence-corrected chi connectivity index (χ3v) is 4.01. The number of pyridine rings is 1. The first-order valence-corrected chi connectivity index (χ1v) is 6.87. The van der Waals surface area contributed by atoms with Crippen molar-refractivity contribution in [2.75, 3.05) is 26.3 Å². The molecule has 0 radical (unpaired) electrons. The quantitative estimate of drug-likeness (QED) is 0.819. The van der Waals surface area contributed by atoms with Crippen molar-refractivity contribution in [2.24, 2.45) is 0 Å². The molecule has 1 spiro atoms. The number of hydrogen-bond acceptors (Lipinski definition) is 4. The Balaban J connectivity index is 1.75. The molecular weight excluding hydrogens is 260 g/mol. The van der Waals surface area contributed by atoms with Crippen LogP contribution in [0.3, 0.4) is 0 Å². The molecule has 2 fully saturated rings. The maximum absolute atomic E-state index is 12.5. The molecular formula is C14H18N2O4. The van der Waals surface area contributed by atoms with E-state index in [0.29, 0.717) is 44.7 Å². The molecule has 1 aromatic rings. The predicted molar refractivity (Wildman–Crippen MR) is 71.6 cm³/mol.